The molecule has 0 aromatic carbocycles. The molecule has 39 valence electrons. The molecule has 0 aromatic heterocycles. The van der Waals surface area contributed by atoms with Gasteiger partial charge in [0.05, 0.1) is 12.5 Å². The molecule has 0 unspecified atom stereocenters. The van der Waals surface area contributed by atoms with Crippen molar-refractivity contribution in [1.29, 1.82) is 5.26 Å². The molecule has 1 radical (unpaired) electrons. The average Bonchev–Trinajstić information content (AvgIpc) is 1.30. The molecule has 0 saturated carbocycles. The molecule has 0 fully saturated rings. The highest BCUT2D eigenvalue weighted by Gasteiger charge is 2.12. The summed E-state index contributed by atoms with van der Waals surface area (Å²) < 4.78 is 0. The highest BCUT2D eigenvalue weighted by atomic mass is 16.3. The van der Waals surface area contributed by atoms with Gasteiger partial charge in [0, 0.05) is 0 Å². The highest BCUT2D eigenvalue weighted by Crippen LogP contribution is 2.05. The number of rotatable bonds is 1. The fourth-order valence-electron chi connectivity index (χ4n) is 0.190. The van der Waals surface area contributed by atoms with Crippen molar-refractivity contribution in [1.82, 2.24) is 0 Å². The molecular weight excluding hydrogens is 90.1 g/mol. The minimum absolute atomic E-state index is 0.0903. The molecule has 0 N–H and O–H groups in total. The minimum atomic E-state index is -1.06. The third-order valence-corrected chi connectivity index (χ3v) is 0.505. The summed E-state index contributed by atoms with van der Waals surface area (Å²) in [6.07, 6.45) is 0.0903. The van der Waals surface area contributed by atoms with Crippen molar-refractivity contribution in [2.75, 3.05) is 0 Å². The molecule has 2 heteroatoms. The quantitative estimate of drug-likeness (QED) is 0.484. The molecule has 0 aliphatic heterocycles. The number of nitrogens with zero attached hydrogens (tertiary/aromatic N) is 1. The Kier molecular flexibility index (Phi) is 1.79. The maximum Gasteiger partial charge on any atom is 0.111 e. The van der Waals surface area contributed by atoms with Gasteiger partial charge in [-0.3, -0.25) is 0 Å². The number of hydrogen-bond donors (Lipinski definition) is 0. The Bertz CT molecular complexity index is 85.2. The fraction of sp³-hybridized carbons (Fsp3) is 0.800. The lowest BCUT2D eigenvalue weighted by atomic mass is 10.1. The van der Waals surface area contributed by atoms with Crippen LogP contribution in [0.3, 0.4) is 0 Å². The zero-order valence-electron chi connectivity index (χ0n) is 4.56. The smallest absolute Gasteiger partial charge is 0.111 e. The third kappa shape index (κ3) is 5.45. The summed E-state index contributed by atoms with van der Waals surface area (Å²) in [5, 5.41) is 18.4. The normalized spacial score (nSPS) is 10.6. The van der Waals surface area contributed by atoms with E-state index in [9.17, 15) is 5.11 Å². The van der Waals surface area contributed by atoms with Crippen LogP contribution in [-0.2, 0) is 5.11 Å². The Hall–Kier alpha value is -0.550. The molecule has 0 amide bonds. The zero-order chi connectivity index (χ0) is 5.91. The van der Waals surface area contributed by atoms with Crippen LogP contribution < -0.4 is 0 Å². The van der Waals surface area contributed by atoms with Gasteiger partial charge in [-0.05, 0) is 13.8 Å². The lowest BCUT2D eigenvalue weighted by Gasteiger charge is -2.05. The largest absolute Gasteiger partial charge is 0.229 e. The first-order chi connectivity index (χ1) is 3.06. The second-order valence-corrected chi connectivity index (χ2v) is 2.09. The second kappa shape index (κ2) is 1.94. The first-order valence-electron chi connectivity index (χ1n) is 2.13. The molecule has 0 bridgehead atoms. The predicted octanol–water partition coefficient (Wildman–Crippen LogP) is 1.11. The molecule has 7 heavy (non-hydrogen) atoms. The molecule has 0 aliphatic rings. The first-order valence-corrected chi connectivity index (χ1v) is 2.13. The Balaban J connectivity index is 3.40. The molecule has 2 nitrogen and oxygen atoms in total. The second-order valence-electron chi connectivity index (χ2n) is 2.09. The van der Waals surface area contributed by atoms with Gasteiger partial charge < -0.3 is 0 Å². The zero-order valence-corrected chi connectivity index (χ0v) is 4.56. The van der Waals surface area contributed by atoms with Crippen molar-refractivity contribution in [2.45, 2.75) is 25.9 Å². The molecular formula is C5H8NO. The van der Waals surface area contributed by atoms with Crippen LogP contribution in [0.1, 0.15) is 20.3 Å². The Morgan fingerprint density at radius 1 is 1.71 bits per heavy atom. The van der Waals surface area contributed by atoms with Gasteiger partial charge in [0.1, 0.15) is 5.60 Å². The summed E-state index contributed by atoms with van der Waals surface area (Å²) >= 11 is 0. The molecule has 0 rings (SSSR count). The van der Waals surface area contributed by atoms with Gasteiger partial charge >= 0.3 is 0 Å². The maximum absolute atomic E-state index is 10.5. The summed E-state index contributed by atoms with van der Waals surface area (Å²) in [7, 11) is 0. The van der Waals surface area contributed by atoms with E-state index in [2.05, 4.69) is 0 Å². The van der Waals surface area contributed by atoms with Gasteiger partial charge in [-0.25, -0.2) is 5.11 Å². The van der Waals surface area contributed by atoms with E-state index in [0.29, 0.717) is 0 Å². The van der Waals surface area contributed by atoms with Gasteiger partial charge in [-0.15, -0.1) is 0 Å². The standard InChI is InChI=1S/C5H8NO/c1-5(2,7)3-4-6/h3H2,1-2H3. The van der Waals surface area contributed by atoms with Crippen LogP contribution in [0.4, 0.5) is 0 Å². The summed E-state index contributed by atoms with van der Waals surface area (Å²) in [6.45, 7) is 2.99. The maximum atomic E-state index is 10.5. The van der Waals surface area contributed by atoms with Gasteiger partial charge in [0.2, 0.25) is 0 Å². The van der Waals surface area contributed by atoms with E-state index in [-0.39, 0.29) is 6.42 Å². The van der Waals surface area contributed by atoms with Crippen molar-refractivity contribution >= 4 is 0 Å². The predicted molar refractivity (Wildman–Crippen MR) is 25.0 cm³/mol. The van der Waals surface area contributed by atoms with Crippen LogP contribution in [0.25, 0.3) is 0 Å². The lowest BCUT2D eigenvalue weighted by Crippen LogP contribution is -2.14. The van der Waals surface area contributed by atoms with Gasteiger partial charge in [-0.1, -0.05) is 0 Å². The van der Waals surface area contributed by atoms with E-state index >= 15 is 0 Å². The summed E-state index contributed by atoms with van der Waals surface area (Å²) in [5.41, 5.74) is -1.06. The number of hydrogen-bond acceptors (Lipinski definition) is 1. The van der Waals surface area contributed by atoms with Gasteiger partial charge in [-0.2, -0.15) is 5.26 Å². The Labute approximate surface area is 43.4 Å². The molecule has 0 saturated heterocycles. The van der Waals surface area contributed by atoms with Crippen LogP contribution in [0, 0.1) is 11.3 Å². The highest BCUT2D eigenvalue weighted by molar-refractivity contribution is 4.80. The fourth-order valence-corrected chi connectivity index (χ4v) is 0.190. The third-order valence-electron chi connectivity index (χ3n) is 0.505. The minimum Gasteiger partial charge on any atom is -0.229 e. The van der Waals surface area contributed by atoms with E-state index in [1.54, 1.807) is 6.07 Å². The van der Waals surface area contributed by atoms with E-state index in [1.807, 2.05) is 0 Å². The van der Waals surface area contributed by atoms with E-state index in [1.165, 1.54) is 13.8 Å². The van der Waals surface area contributed by atoms with E-state index < -0.39 is 5.60 Å². The van der Waals surface area contributed by atoms with Crippen LogP contribution in [-0.4, -0.2) is 5.60 Å². The van der Waals surface area contributed by atoms with Crippen LogP contribution in [0.5, 0.6) is 0 Å². The Morgan fingerprint density at radius 2 is 2.14 bits per heavy atom. The number of nitriles is 1. The summed E-state index contributed by atoms with van der Waals surface area (Å²) in [4.78, 5) is 0. The van der Waals surface area contributed by atoms with Gasteiger partial charge in [0.15, 0.2) is 0 Å². The molecule has 0 atom stereocenters. The van der Waals surface area contributed by atoms with E-state index in [4.69, 9.17) is 5.26 Å². The SMILES string of the molecule is CC(C)([O])CC#N. The monoisotopic (exact) mass is 98.1 g/mol. The topological polar surface area (TPSA) is 43.7 Å². The molecule has 0 spiro atoms. The van der Waals surface area contributed by atoms with Crippen LogP contribution >= 0.6 is 0 Å². The van der Waals surface area contributed by atoms with Gasteiger partial charge in [0.25, 0.3) is 0 Å². The van der Waals surface area contributed by atoms with Crippen LogP contribution in [0.2, 0.25) is 0 Å². The van der Waals surface area contributed by atoms with Crippen LogP contribution in [0.15, 0.2) is 0 Å². The van der Waals surface area contributed by atoms with Crippen molar-refractivity contribution in [2.24, 2.45) is 0 Å². The van der Waals surface area contributed by atoms with Crippen molar-refractivity contribution in [3.05, 3.63) is 0 Å². The summed E-state index contributed by atoms with van der Waals surface area (Å²) in [5.74, 6) is 0. The Morgan fingerprint density at radius 3 is 2.14 bits per heavy atom. The molecule has 0 heterocycles. The van der Waals surface area contributed by atoms with E-state index in [0.717, 1.165) is 0 Å². The average molecular weight is 98.1 g/mol. The molecule has 0 aliphatic carbocycles. The molecule has 0 aromatic rings. The van der Waals surface area contributed by atoms with Crippen molar-refractivity contribution < 1.29 is 5.11 Å². The first kappa shape index (κ1) is 6.45. The lowest BCUT2D eigenvalue weighted by molar-refractivity contribution is 0.00865. The summed E-state index contributed by atoms with van der Waals surface area (Å²) in [6, 6.07) is 1.80. The van der Waals surface area contributed by atoms with Crippen molar-refractivity contribution in [3.8, 4) is 6.07 Å². The van der Waals surface area contributed by atoms with Crippen molar-refractivity contribution in [3.63, 3.8) is 0 Å².